The molecule has 1 aromatic carbocycles. The number of nitrogens with zero attached hydrogens (tertiary/aromatic N) is 2. The van der Waals surface area contributed by atoms with Crippen LogP contribution in [0.5, 0.6) is 0 Å². The first-order valence-electron chi connectivity index (χ1n) is 5.87. The first-order chi connectivity index (χ1) is 9.19. The minimum Gasteiger partial charge on any atom is -0.481 e. The Bertz CT molecular complexity index is 551. The molecule has 0 unspecified atom stereocenters. The Morgan fingerprint density at radius 3 is 2.68 bits per heavy atom. The highest BCUT2D eigenvalue weighted by Gasteiger charge is 2.09. The summed E-state index contributed by atoms with van der Waals surface area (Å²) in [6.07, 6.45) is 3.12. The Morgan fingerprint density at radius 2 is 2.05 bits per heavy atom. The number of aromatic nitrogens is 2. The monoisotopic (exact) mass is 278 g/mol. The maximum absolute atomic E-state index is 10.4. The summed E-state index contributed by atoms with van der Waals surface area (Å²) >= 11 is 1.67. The van der Waals surface area contributed by atoms with Crippen molar-refractivity contribution >= 4 is 17.7 Å². The van der Waals surface area contributed by atoms with Crippen molar-refractivity contribution in [3.05, 3.63) is 30.2 Å². The molecule has 0 atom stereocenters. The van der Waals surface area contributed by atoms with E-state index in [1.54, 1.807) is 11.8 Å². The van der Waals surface area contributed by atoms with E-state index in [-0.39, 0.29) is 6.42 Å². The van der Waals surface area contributed by atoms with E-state index in [2.05, 4.69) is 10.2 Å². The van der Waals surface area contributed by atoms with Crippen LogP contribution in [0.25, 0.3) is 11.5 Å². The summed E-state index contributed by atoms with van der Waals surface area (Å²) in [6, 6.07) is 7.85. The zero-order chi connectivity index (χ0) is 13.7. The predicted octanol–water partition coefficient (Wildman–Crippen LogP) is 2.87. The molecule has 19 heavy (non-hydrogen) atoms. The molecule has 0 spiro atoms. The molecule has 0 fully saturated rings. The lowest BCUT2D eigenvalue weighted by atomic mass is 10.2. The first kappa shape index (κ1) is 13.6. The van der Waals surface area contributed by atoms with Gasteiger partial charge in [0, 0.05) is 23.3 Å². The van der Waals surface area contributed by atoms with Gasteiger partial charge in [0.1, 0.15) is 0 Å². The molecule has 1 aromatic heterocycles. The summed E-state index contributed by atoms with van der Waals surface area (Å²) < 4.78 is 5.50. The van der Waals surface area contributed by atoms with Crippen molar-refractivity contribution in [1.82, 2.24) is 10.2 Å². The third kappa shape index (κ3) is 3.82. The van der Waals surface area contributed by atoms with Crippen LogP contribution >= 0.6 is 11.8 Å². The minimum absolute atomic E-state index is 0.111. The fraction of sp³-hybridized carbons (Fsp3) is 0.308. The Kier molecular flexibility index (Phi) is 4.57. The molecular formula is C13H14N2O3S. The van der Waals surface area contributed by atoms with Gasteiger partial charge >= 0.3 is 5.97 Å². The second-order valence-electron chi connectivity index (χ2n) is 3.98. The van der Waals surface area contributed by atoms with Gasteiger partial charge in [-0.3, -0.25) is 4.79 Å². The van der Waals surface area contributed by atoms with Crippen LogP contribution in [0, 0.1) is 0 Å². The number of aryl methyl sites for hydroxylation is 1. The fourth-order valence-electron chi connectivity index (χ4n) is 1.60. The number of thioether (sulfide) groups is 1. The van der Waals surface area contributed by atoms with E-state index in [9.17, 15) is 4.79 Å². The molecule has 0 amide bonds. The van der Waals surface area contributed by atoms with Crippen molar-refractivity contribution in [1.29, 1.82) is 0 Å². The Morgan fingerprint density at radius 1 is 1.32 bits per heavy atom. The summed E-state index contributed by atoms with van der Waals surface area (Å²) in [7, 11) is 0. The van der Waals surface area contributed by atoms with Gasteiger partial charge in [0.2, 0.25) is 11.8 Å². The third-order valence-corrected chi connectivity index (χ3v) is 3.33. The maximum Gasteiger partial charge on any atom is 0.303 e. The highest BCUT2D eigenvalue weighted by atomic mass is 32.2. The number of hydrogen-bond donors (Lipinski definition) is 1. The quantitative estimate of drug-likeness (QED) is 0.819. The van der Waals surface area contributed by atoms with Crippen molar-refractivity contribution < 1.29 is 14.3 Å². The zero-order valence-electron chi connectivity index (χ0n) is 10.5. The standard InChI is InChI=1S/C13H14N2O3S/c1-19-10-7-5-9(6-8-10)13-15-14-11(18-13)3-2-4-12(16)17/h5-8H,2-4H2,1H3,(H,16,17). The normalized spacial score (nSPS) is 10.6. The topological polar surface area (TPSA) is 76.2 Å². The van der Waals surface area contributed by atoms with E-state index in [1.807, 2.05) is 30.5 Å². The molecule has 0 aliphatic rings. The van der Waals surface area contributed by atoms with Crippen molar-refractivity contribution in [2.75, 3.05) is 6.26 Å². The second kappa shape index (κ2) is 6.38. The molecule has 1 heterocycles. The maximum atomic E-state index is 10.4. The van der Waals surface area contributed by atoms with E-state index < -0.39 is 5.97 Å². The van der Waals surface area contributed by atoms with E-state index >= 15 is 0 Å². The molecular weight excluding hydrogens is 264 g/mol. The number of aliphatic carboxylic acids is 1. The lowest BCUT2D eigenvalue weighted by Gasteiger charge is -1.97. The van der Waals surface area contributed by atoms with Crippen LogP contribution in [0.3, 0.4) is 0 Å². The highest BCUT2D eigenvalue weighted by molar-refractivity contribution is 7.98. The number of carboxylic acids is 1. The van der Waals surface area contributed by atoms with E-state index in [0.29, 0.717) is 24.6 Å². The van der Waals surface area contributed by atoms with Crippen LogP contribution in [-0.2, 0) is 11.2 Å². The smallest absolute Gasteiger partial charge is 0.303 e. The van der Waals surface area contributed by atoms with Gasteiger partial charge < -0.3 is 9.52 Å². The summed E-state index contributed by atoms with van der Waals surface area (Å²) in [5.74, 6) is 0.135. The summed E-state index contributed by atoms with van der Waals surface area (Å²) in [5, 5.41) is 16.4. The highest BCUT2D eigenvalue weighted by Crippen LogP contribution is 2.22. The van der Waals surface area contributed by atoms with Crippen molar-refractivity contribution in [3.63, 3.8) is 0 Å². The lowest BCUT2D eigenvalue weighted by molar-refractivity contribution is -0.137. The average molecular weight is 278 g/mol. The van der Waals surface area contributed by atoms with E-state index in [0.717, 1.165) is 5.56 Å². The molecule has 0 aliphatic carbocycles. The Hall–Kier alpha value is -1.82. The molecule has 0 bridgehead atoms. The van der Waals surface area contributed by atoms with Crippen LogP contribution in [0.2, 0.25) is 0 Å². The van der Waals surface area contributed by atoms with Gasteiger partial charge in [-0.2, -0.15) is 0 Å². The van der Waals surface area contributed by atoms with Gasteiger partial charge in [-0.25, -0.2) is 0 Å². The SMILES string of the molecule is CSc1ccc(-c2nnc(CCCC(=O)O)o2)cc1. The Balaban J connectivity index is 2.01. The molecule has 1 N–H and O–H groups in total. The molecule has 5 nitrogen and oxygen atoms in total. The van der Waals surface area contributed by atoms with Gasteiger partial charge in [-0.15, -0.1) is 22.0 Å². The van der Waals surface area contributed by atoms with Gasteiger partial charge in [-0.05, 0) is 36.9 Å². The van der Waals surface area contributed by atoms with Crippen LogP contribution < -0.4 is 0 Å². The fourth-order valence-corrected chi connectivity index (χ4v) is 2.00. The molecule has 2 rings (SSSR count). The number of benzene rings is 1. The van der Waals surface area contributed by atoms with Gasteiger partial charge in [0.05, 0.1) is 0 Å². The first-order valence-corrected chi connectivity index (χ1v) is 7.10. The molecule has 100 valence electrons. The number of carboxylic acid groups (broad SMARTS) is 1. The molecule has 2 aromatic rings. The molecule has 0 aliphatic heterocycles. The van der Waals surface area contributed by atoms with Crippen LogP contribution in [0.4, 0.5) is 0 Å². The zero-order valence-corrected chi connectivity index (χ0v) is 11.3. The van der Waals surface area contributed by atoms with Crippen LogP contribution in [0.15, 0.2) is 33.6 Å². The minimum atomic E-state index is -0.813. The number of hydrogen-bond acceptors (Lipinski definition) is 5. The van der Waals surface area contributed by atoms with Crippen molar-refractivity contribution in [3.8, 4) is 11.5 Å². The Labute approximate surface area is 115 Å². The summed E-state index contributed by atoms with van der Waals surface area (Å²) in [5.41, 5.74) is 0.870. The van der Waals surface area contributed by atoms with Gasteiger partial charge in [-0.1, -0.05) is 0 Å². The predicted molar refractivity (Wildman–Crippen MR) is 72.1 cm³/mol. The lowest BCUT2D eigenvalue weighted by Crippen LogP contribution is -1.95. The van der Waals surface area contributed by atoms with Crippen LogP contribution in [0.1, 0.15) is 18.7 Å². The van der Waals surface area contributed by atoms with Crippen molar-refractivity contribution in [2.24, 2.45) is 0 Å². The number of rotatable bonds is 6. The van der Waals surface area contributed by atoms with Crippen molar-refractivity contribution in [2.45, 2.75) is 24.2 Å². The third-order valence-electron chi connectivity index (χ3n) is 2.59. The molecule has 0 saturated heterocycles. The van der Waals surface area contributed by atoms with Crippen LogP contribution in [-0.4, -0.2) is 27.5 Å². The van der Waals surface area contributed by atoms with E-state index in [1.165, 1.54) is 4.90 Å². The van der Waals surface area contributed by atoms with Gasteiger partial charge in [0.25, 0.3) is 0 Å². The summed E-state index contributed by atoms with van der Waals surface area (Å²) in [4.78, 5) is 11.6. The van der Waals surface area contributed by atoms with Gasteiger partial charge in [0.15, 0.2) is 0 Å². The molecule has 6 heteroatoms. The average Bonchev–Trinajstić information content (AvgIpc) is 2.87. The summed E-state index contributed by atoms with van der Waals surface area (Å²) in [6.45, 7) is 0. The van der Waals surface area contributed by atoms with E-state index in [4.69, 9.17) is 9.52 Å². The molecule has 0 saturated carbocycles. The second-order valence-corrected chi connectivity index (χ2v) is 4.86. The molecule has 0 radical (unpaired) electrons. The number of carbonyl (C=O) groups is 1. The largest absolute Gasteiger partial charge is 0.481 e.